The van der Waals surface area contributed by atoms with E-state index in [9.17, 15) is 14.4 Å². The summed E-state index contributed by atoms with van der Waals surface area (Å²) in [7, 11) is 0. The summed E-state index contributed by atoms with van der Waals surface area (Å²) in [5.41, 5.74) is -0.694. The number of esters is 1. The molecule has 0 rings (SSSR count). The Kier molecular flexibility index (Phi) is 6.31. The van der Waals surface area contributed by atoms with Crippen molar-refractivity contribution in [3.8, 4) is 0 Å². The number of aliphatic carboxylic acids is 1. The van der Waals surface area contributed by atoms with E-state index in [2.05, 4.69) is 10.6 Å². The van der Waals surface area contributed by atoms with E-state index in [1.54, 1.807) is 34.6 Å². The third-order valence-corrected chi connectivity index (χ3v) is 1.81. The number of hydrogen-bond acceptors (Lipinski definition) is 4. The van der Waals surface area contributed by atoms with Crippen molar-refractivity contribution in [2.45, 2.75) is 58.7 Å². The van der Waals surface area contributed by atoms with Crippen molar-refractivity contribution >= 4 is 18.0 Å². The second-order valence-electron chi connectivity index (χ2n) is 5.45. The van der Waals surface area contributed by atoms with Crippen molar-refractivity contribution < 1.29 is 24.2 Å². The maximum absolute atomic E-state index is 11.5. The minimum absolute atomic E-state index is 0.129. The van der Waals surface area contributed by atoms with Crippen LogP contribution in [0.15, 0.2) is 0 Å². The molecule has 0 aliphatic heterocycles. The molecule has 0 saturated heterocycles. The topological polar surface area (TPSA) is 105 Å². The average molecular weight is 274 g/mol. The molecule has 1 atom stereocenters. The number of hydrogen-bond donors (Lipinski definition) is 3. The molecule has 110 valence electrons. The van der Waals surface area contributed by atoms with Gasteiger partial charge in [-0.05, 0) is 34.6 Å². The predicted molar refractivity (Wildman–Crippen MR) is 68.7 cm³/mol. The van der Waals surface area contributed by atoms with E-state index < -0.39 is 36.0 Å². The number of carboxylic acid groups (broad SMARTS) is 1. The van der Waals surface area contributed by atoms with Crippen LogP contribution in [0.1, 0.15) is 41.0 Å². The number of carboxylic acids is 1. The standard InChI is InChI=1S/C12H22N2O5/c1-7(2)13-11(18)14-8(10(16)17)6-9(15)19-12(3,4)5/h7-8H,6H2,1-5H3,(H,16,17)(H2,13,14,18)/t8-/m0/s1. The van der Waals surface area contributed by atoms with Gasteiger partial charge in [0.2, 0.25) is 0 Å². The number of carbonyl (C=O) groups excluding carboxylic acids is 2. The second kappa shape index (κ2) is 6.96. The molecule has 0 aromatic heterocycles. The fourth-order valence-electron chi connectivity index (χ4n) is 1.21. The first-order valence-electron chi connectivity index (χ1n) is 6.03. The lowest BCUT2D eigenvalue weighted by Crippen LogP contribution is -2.49. The van der Waals surface area contributed by atoms with E-state index in [-0.39, 0.29) is 6.04 Å². The summed E-state index contributed by atoms with van der Waals surface area (Å²) in [5, 5.41) is 13.7. The van der Waals surface area contributed by atoms with Gasteiger partial charge in [-0.2, -0.15) is 0 Å². The molecular formula is C12H22N2O5. The molecule has 0 aromatic rings. The number of rotatable bonds is 5. The number of nitrogens with one attached hydrogen (secondary N) is 2. The molecule has 0 aromatic carbocycles. The van der Waals surface area contributed by atoms with Gasteiger partial charge in [-0.1, -0.05) is 0 Å². The molecular weight excluding hydrogens is 252 g/mol. The van der Waals surface area contributed by atoms with Crippen molar-refractivity contribution in [3.05, 3.63) is 0 Å². The molecule has 0 saturated carbocycles. The monoisotopic (exact) mass is 274 g/mol. The van der Waals surface area contributed by atoms with E-state index >= 15 is 0 Å². The molecule has 7 heteroatoms. The summed E-state index contributed by atoms with van der Waals surface area (Å²) in [6, 6.07) is -2.07. The Morgan fingerprint density at radius 2 is 1.68 bits per heavy atom. The first kappa shape index (κ1) is 17.2. The Balaban J connectivity index is 4.47. The van der Waals surface area contributed by atoms with Crippen molar-refractivity contribution in [2.24, 2.45) is 0 Å². The summed E-state index contributed by atoms with van der Waals surface area (Å²) in [6.45, 7) is 8.52. The summed E-state index contributed by atoms with van der Waals surface area (Å²) in [5.74, 6) is -1.96. The van der Waals surface area contributed by atoms with Gasteiger partial charge in [0.1, 0.15) is 11.6 Å². The quantitative estimate of drug-likeness (QED) is 0.645. The van der Waals surface area contributed by atoms with Crippen LogP contribution in [0, 0.1) is 0 Å². The summed E-state index contributed by atoms with van der Waals surface area (Å²) in [4.78, 5) is 33.9. The highest BCUT2D eigenvalue weighted by atomic mass is 16.6. The van der Waals surface area contributed by atoms with E-state index in [0.29, 0.717) is 0 Å². The average Bonchev–Trinajstić information content (AvgIpc) is 2.11. The number of carbonyl (C=O) groups is 3. The van der Waals surface area contributed by atoms with Gasteiger partial charge in [-0.3, -0.25) is 4.79 Å². The molecule has 0 aliphatic rings. The van der Waals surface area contributed by atoms with Gasteiger partial charge in [0.25, 0.3) is 0 Å². The Hall–Kier alpha value is -1.79. The summed E-state index contributed by atoms with van der Waals surface area (Å²) < 4.78 is 5.01. The lowest BCUT2D eigenvalue weighted by molar-refractivity contribution is -0.158. The fraction of sp³-hybridized carbons (Fsp3) is 0.750. The lowest BCUT2D eigenvalue weighted by Gasteiger charge is -2.21. The third kappa shape index (κ3) is 8.87. The molecule has 0 radical (unpaired) electrons. The fourth-order valence-corrected chi connectivity index (χ4v) is 1.21. The van der Waals surface area contributed by atoms with Crippen molar-refractivity contribution in [1.29, 1.82) is 0 Å². The molecule has 0 fully saturated rings. The van der Waals surface area contributed by atoms with E-state index in [1.165, 1.54) is 0 Å². The van der Waals surface area contributed by atoms with Gasteiger partial charge in [0, 0.05) is 6.04 Å². The minimum Gasteiger partial charge on any atom is -0.480 e. The van der Waals surface area contributed by atoms with Crippen LogP contribution < -0.4 is 10.6 Å². The van der Waals surface area contributed by atoms with Crippen molar-refractivity contribution in [3.63, 3.8) is 0 Å². The lowest BCUT2D eigenvalue weighted by atomic mass is 10.1. The number of amides is 2. The molecule has 7 nitrogen and oxygen atoms in total. The van der Waals surface area contributed by atoms with Crippen LogP contribution in [0.5, 0.6) is 0 Å². The largest absolute Gasteiger partial charge is 0.480 e. The highest BCUT2D eigenvalue weighted by Crippen LogP contribution is 2.09. The third-order valence-electron chi connectivity index (χ3n) is 1.81. The molecule has 0 heterocycles. The van der Waals surface area contributed by atoms with Crippen LogP contribution in [0.3, 0.4) is 0 Å². The molecule has 3 N–H and O–H groups in total. The summed E-state index contributed by atoms with van der Waals surface area (Å²) in [6.07, 6.45) is -0.419. The Labute approximate surface area is 112 Å². The first-order chi connectivity index (χ1) is 8.51. The van der Waals surface area contributed by atoms with Gasteiger partial charge in [0.05, 0.1) is 6.42 Å². The zero-order valence-electron chi connectivity index (χ0n) is 11.9. The van der Waals surface area contributed by atoms with Crippen LogP contribution in [0.2, 0.25) is 0 Å². The van der Waals surface area contributed by atoms with Gasteiger partial charge in [0.15, 0.2) is 0 Å². The highest BCUT2D eigenvalue weighted by molar-refractivity contribution is 5.86. The Bertz CT molecular complexity index is 347. The molecule has 0 unspecified atom stereocenters. The van der Waals surface area contributed by atoms with E-state index in [1.807, 2.05) is 0 Å². The maximum atomic E-state index is 11.5. The van der Waals surface area contributed by atoms with Gasteiger partial charge >= 0.3 is 18.0 Å². The van der Waals surface area contributed by atoms with Crippen LogP contribution in [0.4, 0.5) is 4.79 Å². The minimum atomic E-state index is -1.31. The van der Waals surface area contributed by atoms with Crippen LogP contribution in [-0.2, 0) is 14.3 Å². The van der Waals surface area contributed by atoms with Crippen molar-refractivity contribution in [2.75, 3.05) is 0 Å². The predicted octanol–water partition coefficient (Wildman–Crippen LogP) is 0.879. The van der Waals surface area contributed by atoms with Gasteiger partial charge in [-0.15, -0.1) is 0 Å². The van der Waals surface area contributed by atoms with Crippen LogP contribution in [0.25, 0.3) is 0 Å². The smallest absolute Gasteiger partial charge is 0.326 e. The molecule has 19 heavy (non-hydrogen) atoms. The normalized spacial score (nSPS) is 12.7. The highest BCUT2D eigenvalue weighted by Gasteiger charge is 2.26. The van der Waals surface area contributed by atoms with Gasteiger partial charge in [-0.25, -0.2) is 9.59 Å². The van der Waals surface area contributed by atoms with Crippen LogP contribution in [-0.4, -0.2) is 40.8 Å². The molecule has 0 bridgehead atoms. The molecule has 0 aliphatic carbocycles. The number of urea groups is 1. The molecule has 0 spiro atoms. The van der Waals surface area contributed by atoms with Crippen LogP contribution >= 0.6 is 0 Å². The zero-order valence-corrected chi connectivity index (χ0v) is 11.9. The first-order valence-corrected chi connectivity index (χ1v) is 6.03. The Morgan fingerprint density at radius 3 is 2.05 bits per heavy atom. The Morgan fingerprint density at radius 1 is 1.16 bits per heavy atom. The summed E-state index contributed by atoms with van der Waals surface area (Å²) >= 11 is 0. The van der Waals surface area contributed by atoms with E-state index in [4.69, 9.17) is 9.84 Å². The SMILES string of the molecule is CC(C)NC(=O)N[C@@H](CC(=O)OC(C)(C)C)C(=O)O. The second-order valence-corrected chi connectivity index (χ2v) is 5.45. The molecule has 2 amide bonds. The zero-order chi connectivity index (χ0) is 15.2. The number of ether oxygens (including phenoxy) is 1. The van der Waals surface area contributed by atoms with Gasteiger partial charge < -0.3 is 20.5 Å². The van der Waals surface area contributed by atoms with Crippen molar-refractivity contribution in [1.82, 2.24) is 10.6 Å². The van der Waals surface area contributed by atoms with E-state index in [0.717, 1.165) is 0 Å². The maximum Gasteiger partial charge on any atom is 0.326 e.